The Balaban J connectivity index is 1.39. The number of rotatable bonds is 8. The summed E-state index contributed by atoms with van der Waals surface area (Å²) in [4.78, 5) is 22.4. The maximum Gasteiger partial charge on any atom is 0.252 e. The van der Waals surface area contributed by atoms with Crippen molar-refractivity contribution in [1.82, 2.24) is 25.1 Å². The Labute approximate surface area is 218 Å². The number of aromatic nitrogens is 4. The molecule has 0 radical (unpaired) electrons. The molecule has 11 heteroatoms. The normalized spacial score (nSPS) is 18.2. The zero-order valence-electron chi connectivity index (χ0n) is 21.1. The van der Waals surface area contributed by atoms with Gasteiger partial charge in [0.25, 0.3) is 5.91 Å². The molecule has 198 valence electrons. The number of methoxy groups -OCH3 is 1. The maximum absolute atomic E-state index is 14.5. The van der Waals surface area contributed by atoms with Crippen molar-refractivity contribution < 1.29 is 23.8 Å². The number of anilines is 1. The molecule has 0 aliphatic carbocycles. The van der Waals surface area contributed by atoms with Crippen molar-refractivity contribution >= 4 is 22.8 Å². The quantitative estimate of drug-likeness (QED) is 0.324. The molecule has 0 spiro atoms. The van der Waals surface area contributed by atoms with Gasteiger partial charge in [0.15, 0.2) is 11.6 Å². The van der Waals surface area contributed by atoms with Crippen LogP contribution in [-0.2, 0) is 11.8 Å². The van der Waals surface area contributed by atoms with E-state index in [-0.39, 0.29) is 30.4 Å². The first kappa shape index (κ1) is 25.6. The van der Waals surface area contributed by atoms with Crippen LogP contribution in [0.2, 0.25) is 0 Å². The molecular formula is C27H29FN6O4. The molecule has 1 aliphatic heterocycles. The van der Waals surface area contributed by atoms with Gasteiger partial charge in [-0.15, -0.1) is 0 Å². The molecule has 0 saturated carbocycles. The van der Waals surface area contributed by atoms with Gasteiger partial charge in [0.1, 0.15) is 0 Å². The van der Waals surface area contributed by atoms with E-state index < -0.39 is 11.9 Å². The fourth-order valence-electron chi connectivity index (χ4n) is 4.58. The number of halogens is 1. The van der Waals surface area contributed by atoms with Crippen molar-refractivity contribution in [2.75, 3.05) is 25.6 Å². The second kappa shape index (κ2) is 11.1. The van der Waals surface area contributed by atoms with Crippen LogP contribution in [0, 0.1) is 5.82 Å². The third kappa shape index (κ3) is 5.58. The lowest BCUT2D eigenvalue weighted by Crippen LogP contribution is -2.36. The van der Waals surface area contributed by atoms with Gasteiger partial charge in [0.2, 0.25) is 5.95 Å². The predicted molar refractivity (Wildman–Crippen MR) is 138 cm³/mol. The third-order valence-electron chi connectivity index (χ3n) is 6.59. The largest absolute Gasteiger partial charge is 0.494 e. The number of aryl methyl sites for hydroxylation is 1. The minimum absolute atomic E-state index is 0.0293. The summed E-state index contributed by atoms with van der Waals surface area (Å²) < 4.78 is 26.7. The highest BCUT2D eigenvalue weighted by molar-refractivity contribution is 5.98. The number of aliphatic hydroxyl groups is 1. The highest BCUT2D eigenvalue weighted by Crippen LogP contribution is 2.27. The van der Waals surface area contributed by atoms with E-state index in [4.69, 9.17) is 9.47 Å². The van der Waals surface area contributed by atoms with Crippen LogP contribution in [0.25, 0.3) is 10.9 Å². The lowest BCUT2D eigenvalue weighted by atomic mass is 10.0. The van der Waals surface area contributed by atoms with Crippen LogP contribution in [0.4, 0.5) is 10.3 Å². The van der Waals surface area contributed by atoms with E-state index in [1.807, 2.05) is 0 Å². The summed E-state index contributed by atoms with van der Waals surface area (Å²) in [5.41, 5.74) is 2.26. The molecule has 3 atom stereocenters. The van der Waals surface area contributed by atoms with E-state index in [9.17, 15) is 14.3 Å². The summed E-state index contributed by atoms with van der Waals surface area (Å²) in [7, 11) is 3.17. The van der Waals surface area contributed by atoms with Gasteiger partial charge >= 0.3 is 0 Å². The Bertz CT molecular complexity index is 1440. The van der Waals surface area contributed by atoms with Crippen molar-refractivity contribution in [3.8, 4) is 5.75 Å². The molecule has 3 heterocycles. The standard InChI is InChI=1S/C27H29FN6O4/c1-34-14-19(13-30-34)25(16-5-6-24(37-2)22(28)9-16)33-26(36)17-3-4-18-12-29-27(32-23(18)10-17)31-20-7-8-38-21(11-20)15-35/h3-6,9-10,12-14,20-21,25,35H,7-8,11,15H2,1-2H3,(H,33,36)(H,29,31,32)/t20-,21+,25+/m1/s1. The van der Waals surface area contributed by atoms with E-state index in [2.05, 4.69) is 25.7 Å². The maximum atomic E-state index is 14.5. The Morgan fingerprint density at radius 1 is 1.26 bits per heavy atom. The fraction of sp³-hybridized carbons (Fsp3) is 0.333. The van der Waals surface area contributed by atoms with Crippen molar-refractivity contribution in [3.63, 3.8) is 0 Å². The van der Waals surface area contributed by atoms with Crippen LogP contribution < -0.4 is 15.4 Å². The first-order valence-corrected chi connectivity index (χ1v) is 12.3. The number of carbonyl (C=O) groups is 1. The minimum Gasteiger partial charge on any atom is -0.494 e. The number of nitrogens with zero attached hydrogens (tertiary/aromatic N) is 4. The van der Waals surface area contributed by atoms with Gasteiger partial charge in [-0.2, -0.15) is 5.10 Å². The molecule has 0 bridgehead atoms. The Kier molecular flexibility index (Phi) is 7.47. The van der Waals surface area contributed by atoms with Gasteiger partial charge in [0, 0.05) is 48.6 Å². The average molecular weight is 521 g/mol. The number of fused-ring (bicyclic) bond motifs is 1. The molecule has 1 aliphatic rings. The monoisotopic (exact) mass is 520 g/mol. The zero-order chi connectivity index (χ0) is 26.6. The summed E-state index contributed by atoms with van der Waals surface area (Å²) in [6.07, 6.45) is 6.34. The van der Waals surface area contributed by atoms with Crippen LogP contribution in [0.1, 0.15) is 40.4 Å². The number of nitrogens with one attached hydrogen (secondary N) is 2. The molecule has 10 nitrogen and oxygen atoms in total. The number of hydrogen-bond donors (Lipinski definition) is 3. The van der Waals surface area contributed by atoms with Gasteiger partial charge < -0.3 is 25.2 Å². The van der Waals surface area contributed by atoms with Crippen molar-refractivity contribution in [3.05, 3.63) is 77.5 Å². The number of aliphatic hydroxyl groups excluding tert-OH is 1. The molecule has 0 unspecified atom stereocenters. The van der Waals surface area contributed by atoms with E-state index >= 15 is 0 Å². The second-order valence-electron chi connectivity index (χ2n) is 9.26. The van der Waals surface area contributed by atoms with Gasteiger partial charge in [-0.3, -0.25) is 9.48 Å². The molecule has 1 fully saturated rings. The van der Waals surface area contributed by atoms with Gasteiger partial charge in [-0.1, -0.05) is 12.1 Å². The molecule has 2 aromatic heterocycles. The predicted octanol–water partition coefficient (Wildman–Crippen LogP) is 2.98. The van der Waals surface area contributed by atoms with Crippen LogP contribution in [-0.4, -0.2) is 63.2 Å². The third-order valence-corrected chi connectivity index (χ3v) is 6.59. The van der Waals surface area contributed by atoms with Gasteiger partial charge in [0.05, 0.1) is 37.6 Å². The van der Waals surface area contributed by atoms with Crippen LogP contribution in [0.5, 0.6) is 5.75 Å². The number of benzene rings is 2. The highest BCUT2D eigenvalue weighted by Gasteiger charge is 2.23. The average Bonchev–Trinajstić information content (AvgIpc) is 3.37. The first-order chi connectivity index (χ1) is 18.4. The summed E-state index contributed by atoms with van der Waals surface area (Å²) in [6, 6.07) is 9.22. The molecule has 5 rings (SSSR count). The van der Waals surface area contributed by atoms with Crippen molar-refractivity contribution in [1.29, 1.82) is 0 Å². The first-order valence-electron chi connectivity index (χ1n) is 12.3. The fourth-order valence-corrected chi connectivity index (χ4v) is 4.58. The lowest BCUT2D eigenvalue weighted by molar-refractivity contribution is -0.0213. The van der Waals surface area contributed by atoms with E-state index in [0.29, 0.717) is 41.2 Å². The number of ether oxygens (including phenoxy) is 2. The molecule has 2 aromatic carbocycles. The van der Waals surface area contributed by atoms with Gasteiger partial charge in [-0.05, 0) is 42.7 Å². The molecular weight excluding hydrogens is 491 g/mol. The van der Waals surface area contributed by atoms with Crippen LogP contribution in [0.15, 0.2) is 55.0 Å². The summed E-state index contributed by atoms with van der Waals surface area (Å²) in [6.45, 7) is 0.523. The smallest absolute Gasteiger partial charge is 0.252 e. The Morgan fingerprint density at radius 3 is 2.87 bits per heavy atom. The number of amides is 1. The summed E-state index contributed by atoms with van der Waals surface area (Å²) in [5, 5.41) is 20.7. The van der Waals surface area contributed by atoms with Gasteiger partial charge in [-0.25, -0.2) is 14.4 Å². The minimum atomic E-state index is -0.636. The van der Waals surface area contributed by atoms with Crippen molar-refractivity contribution in [2.24, 2.45) is 7.05 Å². The molecule has 4 aromatic rings. The van der Waals surface area contributed by atoms with E-state index in [1.54, 1.807) is 54.6 Å². The highest BCUT2D eigenvalue weighted by atomic mass is 19.1. The zero-order valence-corrected chi connectivity index (χ0v) is 21.1. The summed E-state index contributed by atoms with van der Waals surface area (Å²) >= 11 is 0. The van der Waals surface area contributed by atoms with E-state index in [0.717, 1.165) is 11.8 Å². The molecule has 38 heavy (non-hydrogen) atoms. The Hall–Kier alpha value is -4.09. The number of hydrogen-bond acceptors (Lipinski definition) is 8. The second-order valence-corrected chi connectivity index (χ2v) is 9.26. The lowest BCUT2D eigenvalue weighted by Gasteiger charge is -2.29. The van der Waals surface area contributed by atoms with Crippen LogP contribution in [0.3, 0.4) is 0 Å². The van der Waals surface area contributed by atoms with Crippen molar-refractivity contribution in [2.45, 2.75) is 31.0 Å². The molecule has 1 saturated heterocycles. The topological polar surface area (TPSA) is 123 Å². The SMILES string of the molecule is COc1ccc([C@H](NC(=O)c2ccc3cnc(N[C@@H]4CCO[C@H](CO)C4)nc3c2)c2cnn(C)c2)cc1F. The summed E-state index contributed by atoms with van der Waals surface area (Å²) in [5.74, 6) is -0.303. The van der Waals surface area contributed by atoms with Crippen LogP contribution >= 0.6 is 0 Å². The number of carbonyl (C=O) groups excluding carboxylic acids is 1. The Morgan fingerprint density at radius 2 is 2.13 bits per heavy atom. The van der Waals surface area contributed by atoms with E-state index in [1.165, 1.54) is 19.2 Å². The molecule has 3 N–H and O–H groups in total. The molecule has 1 amide bonds.